The van der Waals surface area contributed by atoms with E-state index in [4.69, 9.17) is 10.5 Å². The molecule has 0 atom stereocenters. The van der Waals surface area contributed by atoms with Gasteiger partial charge in [0.25, 0.3) is 0 Å². The molecule has 0 unspecified atom stereocenters. The van der Waals surface area contributed by atoms with Crippen LogP contribution in [0, 0.1) is 11.2 Å². The van der Waals surface area contributed by atoms with Gasteiger partial charge in [-0.3, -0.25) is 4.79 Å². The van der Waals surface area contributed by atoms with Crippen LogP contribution in [0.15, 0.2) is 22.7 Å². The quantitative estimate of drug-likeness (QED) is 0.893. The highest BCUT2D eigenvalue weighted by Crippen LogP contribution is 2.33. The van der Waals surface area contributed by atoms with Crippen molar-refractivity contribution in [2.24, 2.45) is 11.1 Å². The molecule has 1 fully saturated rings. The SMILES string of the molecule is NCC1(C(=O)Nc2c(F)cccc2Br)CCOCC1. The monoisotopic (exact) mass is 330 g/mol. The molecule has 6 heteroatoms. The number of anilines is 1. The lowest BCUT2D eigenvalue weighted by Crippen LogP contribution is -2.46. The number of hydrogen-bond acceptors (Lipinski definition) is 3. The van der Waals surface area contributed by atoms with Gasteiger partial charge in [0.05, 0.1) is 11.1 Å². The second-order valence-corrected chi connectivity index (χ2v) is 5.50. The Morgan fingerprint density at radius 3 is 2.74 bits per heavy atom. The van der Waals surface area contributed by atoms with Crippen molar-refractivity contribution < 1.29 is 13.9 Å². The molecule has 3 N–H and O–H groups in total. The van der Waals surface area contributed by atoms with Gasteiger partial charge in [0, 0.05) is 24.2 Å². The molecule has 104 valence electrons. The Labute approximate surface area is 119 Å². The van der Waals surface area contributed by atoms with Gasteiger partial charge in [-0.1, -0.05) is 6.07 Å². The van der Waals surface area contributed by atoms with E-state index in [1.54, 1.807) is 12.1 Å². The zero-order valence-corrected chi connectivity index (χ0v) is 12.0. The molecule has 2 rings (SSSR count). The second-order valence-electron chi connectivity index (χ2n) is 4.65. The number of nitrogens with two attached hydrogens (primary N) is 1. The summed E-state index contributed by atoms with van der Waals surface area (Å²) in [6.07, 6.45) is 1.11. The van der Waals surface area contributed by atoms with Crippen molar-refractivity contribution in [3.63, 3.8) is 0 Å². The Hall–Kier alpha value is -0.980. The first kappa shape index (κ1) is 14.4. The number of benzene rings is 1. The lowest BCUT2D eigenvalue weighted by atomic mass is 9.79. The first-order valence-corrected chi connectivity index (χ1v) is 6.92. The maximum atomic E-state index is 13.7. The fourth-order valence-corrected chi connectivity index (χ4v) is 2.59. The van der Waals surface area contributed by atoms with Gasteiger partial charge in [-0.2, -0.15) is 0 Å². The van der Waals surface area contributed by atoms with Crippen LogP contribution in [0.25, 0.3) is 0 Å². The smallest absolute Gasteiger partial charge is 0.232 e. The fourth-order valence-electron chi connectivity index (χ4n) is 2.15. The molecular weight excluding hydrogens is 315 g/mol. The molecule has 1 aliphatic heterocycles. The average molecular weight is 331 g/mol. The van der Waals surface area contributed by atoms with Crippen LogP contribution in [-0.2, 0) is 9.53 Å². The lowest BCUT2D eigenvalue weighted by Gasteiger charge is -2.34. The van der Waals surface area contributed by atoms with Gasteiger partial charge in [0.1, 0.15) is 5.82 Å². The minimum atomic E-state index is -0.667. The van der Waals surface area contributed by atoms with Crippen molar-refractivity contribution in [1.29, 1.82) is 0 Å². The molecule has 1 aliphatic rings. The van der Waals surface area contributed by atoms with Crippen molar-refractivity contribution in [3.05, 3.63) is 28.5 Å². The number of carbonyl (C=O) groups is 1. The normalized spacial score (nSPS) is 18.1. The summed E-state index contributed by atoms with van der Waals surface area (Å²) in [5, 5.41) is 2.64. The van der Waals surface area contributed by atoms with Crippen LogP contribution >= 0.6 is 15.9 Å². The van der Waals surface area contributed by atoms with Gasteiger partial charge in [0.15, 0.2) is 0 Å². The molecule has 1 aromatic rings. The summed E-state index contributed by atoms with van der Waals surface area (Å²) in [5.41, 5.74) is 5.24. The lowest BCUT2D eigenvalue weighted by molar-refractivity contribution is -0.130. The summed E-state index contributed by atoms with van der Waals surface area (Å²) in [6, 6.07) is 4.56. The number of para-hydroxylation sites is 1. The summed E-state index contributed by atoms with van der Waals surface area (Å²) in [6.45, 7) is 1.24. The van der Waals surface area contributed by atoms with Crippen molar-refractivity contribution in [3.8, 4) is 0 Å². The van der Waals surface area contributed by atoms with Crippen molar-refractivity contribution in [1.82, 2.24) is 0 Å². The molecule has 0 radical (unpaired) electrons. The Morgan fingerprint density at radius 1 is 1.47 bits per heavy atom. The highest BCUT2D eigenvalue weighted by Gasteiger charge is 2.39. The molecule has 0 aliphatic carbocycles. The highest BCUT2D eigenvalue weighted by molar-refractivity contribution is 9.10. The number of nitrogens with one attached hydrogen (secondary N) is 1. The standard InChI is InChI=1S/C13H16BrFN2O2/c14-9-2-1-3-10(15)11(9)17-12(18)13(8-16)4-6-19-7-5-13/h1-3H,4-8,16H2,(H,17,18). The van der Waals surface area contributed by atoms with Crippen LogP contribution < -0.4 is 11.1 Å². The van der Waals surface area contributed by atoms with Gasteiger partial charge in [-0.15, -0.1) is 0 Å². The van der Waals surface area contributed by atoms with Gasteiger partial charge in [-0.05, 0) is 40.9 Å². The van der Waals surface area contributed by atoms with Crippen LogP contribution in [-0.4, -0.2) is 25.7 Å². The molecule has 1 amide bonds. The zero-order valence-electron chi connectivity index (χ0n) is 10.4. The number of amides is 1. The summed E-state index contributed by atoms with van der Waals surface area (Å²) < 4.78 is 19.5. The summed E-state index contributed by atoms with van der Waals surface area (Å²) >= 11 is 3.23. The van der Waals surface area contributed by atoms with Gasteiger partial charge in [0.2, 0.25) is 5.91 Å². The van der Waals surface area contributed by atoms with E-state index in [2.05, 4.69) is 21.2 Å². The van der Waals surface area contributed by atoms with E-state index in [0.717, 1.165) is 0 Å². The predicted molar refractivity (Wildman–Crippen MR) is 74.3 cm³/mol. The maximum Gasteiger partial charge on any atom is 0.232 e. The van der Waals surface area contributed by atoms with Crippen LogP contribution in [0.1, 0.15) is 12.8 Å². The summed E-state index contributed by atoms with van der Waals surface area (Å²) in [5.74, 6) is -0.717. The maximum absolute atomic E-state index is 13.7. The van der Waals surface area contributed by atoms with E-state index < -0.39 is 11.2 Å². The summed E-state index contributed by atoms with van der Waals surface area (Å²) in [4.78, 5) is 12.4. The highest BCUT2D eigenvalue weighted by atomic mass is 79.9. The van der Waals surface area contributed by atoms with Crippen LogP contribution in [0.3, 0.4) is 0 Å². The summed E-state index contributed by atoms with van der Waals surface area (Å²) in [7, 11) is 0. The molecule has 0 bridgehead atoms. The third-order valence-corrected chi connectivity index (χ3v) is 4.18. The molecule has 1 aromatic carbocycles. The van der Waals surface area contributed by atoms with E-state index in [1.807, 2.05) is 0 Å². The van der Waals surface area contributed by atoms with E-state index >= 15 is 0 Å². The molecule has 19 heavy (non-hydrogen) atoms. The zero-order chi connectivity index (χ0) is 13.9. The van der Waals surface area contributed by atoms with Crippen molar-refractivity contribution in [2.45, 2.75) is 12.8 Å². The largest absolute Gasteiger partial charge is 0.381 e. The Balaban J connectivity index is 2.20. The molecule has 1 saturated heterocycles. The minimum absolute atomic E-state index is 0.159. The van der Waals surface area contributed by atoms with Gasteiger partial charge >= 0.3 is 0 Å². The van der Waals surface area contributed by atoms with E-state index in [9.17, 15) is 9.18 Å². The van der Waals surface area contributed by atoms with E-state index in [0.29, 0.717) is 30.5 Å². The number of halogens is 2. The average Bonchev–Trinajstić information content (AvgIpc) is 2.43. The number of carbonyl (C=O) groups excluding carboxylic acids is 1. The first-order chi connectivity index (χ1) is 9.09. The predicted octanol–water partition coefficient (Wildman–Crippen LogP) is 2.28. The third kappa shape index (κ3) is 2.96. The molecule has 0 saturated carbocycles. The van der Waals surface area contributed by atoms with E-state index in [-0.39, 0.29) is 18.1 Å². The Morgan fingerprint density at radius 2 is 2.16 bits per heavy atom. The fraction of sp³-hybridized carbons (Fsp3) is 0.462. The van der Waals surface area contributed by atoms with Crippen molar-refractivity contribution in [2.75, 3.05) is 25.1 Å². The van der Waals surface area contributed by atoms with Crippen LogP contribution in [0.4, 0.5) is 10.1 Å². The number of ether oxygens (including phenoxy) is 1. The Bertz CT molecular complexity index is 455. The molecule has 1 heterocycles. The van der Waals surface area contributed by atoms with E-state index in [1.165, 1.54) is 6.07 Å². The molecule has 4 nitrogen and oxygen atoms in total. The number of rotatable bonds is 3. The van der Waals surface area contributed by atoms with Crippen molar-refractivity contribution >= 4 is 27.5 Å². The van der Waals surface area contributed by atoms with Crippen LogP contribution in [0.5, 0.6) is 0 Å². The van der Waals surface area contributed by atoms with Gasteiger partial charge < -0.3 is 15.8 Å². The molecular formula is C13H16BrFN2O2. The Kier molecular flexibility index (Phi) is 4.54. The molecule has 0 spiro atoms. The van der Waals surface area contributed by atoms with Gasteiger partial charge in [-0.25, -0.2) is 4.39 Å². The third-order valence-electron chi connectivity index (χ3n) is 3.52. The second kappa shape index (κ2) is 5.98. The van der Waals surface area contributed by atoms with Crippen LogP contribution in [0.2, 0.25) is 0 Å². The first-order valence-electron chi connectivity index (χ1n) is 6.12. The molecule has 0 aromatic heterocycles. The number of hydrogen-bond donors (Lipinski definition) is 2. The minimum Gasteiger partial charge on any atom is -0.381 e. The topological polar surface area (TPSA) is 64.4 Å².